The Morgan fingerprint density at radius 2 is 2.00 bits per heavy atom. The van der Waals surface area contributed by atoms with E-state index in [9.17, 15) is 0 Å². The number of hydrogen-bond acceptors (Lipinski definition) is 0. The SMILES string of the molecule is CC[C]1CCCCCC1CC. The summed E-state index contributed by atoms with van der Waals surface area (Å²) in [6.45, 7) is 4.66. The van der Waals surface area contributed by atoms with Gasteiger partial charge in [0, 0.05) is 0 Å². The zero-order valence-electron chi connectivity index (χ0n) is 8.03. The quantitative estimate of drug-likeness (QED) is 0.527. The highest BCUT2D eigenvalue weighted by molar-refractivity contribution is 4.96. The summed E-state index contributed by atoms with van der Waals surface area (Å²) in [5.41, 5.74) is 0. The molecule has 0 aromatic rings. The van der Waals surface area contributed by atoms with Crippen molar-refractivity contribution in [1.82, 2.24) is 0 Å². The zero-order valence-corrected chi connectivity index (χ0v) is 8.03. The highest BCUT2D eigenvalue weighted by atomic mass is 14.3. The van der Waals surface area contributed by atoms with E-state index in [-0.39, 0.29) is 0 Å². The van der Waals surface area contributed by atoms with Crippen molar-refractivity contribution in [3.8, 4) is 0 Å². The van der Waals surface area contributed by atoms with E-state index >= 15 is 0 Å². The van der Waals surface area contributed by atoms with E-state index in [0.29, 0.717) is 0 Å². The van der Waals surface area contributed by atoms with Crippen LogP contribution in [0.1, 0.15) is 58.8 Å². The average Bonchev–Trinajstić information content (AvgIpc) is 2.27. The Kier molecular flexibility index (Phi) is 3.96. The lowest BCUT2D eigenvalue weighted by Crippen LogP contribution is -2.08. The molecule has 0 nitrogen and oxygen atoms in total. The fourth-order valence-corrected chi connectivity index (χ4v) is 2.29. The van der Waals surface area contributed by atoms with Crippen LogP contribution in [-0.2, 0) is 0 Å². The fraction of sp³-hybridized carbons (Fsp3) is 0.909. The van der Waals surface area contributed by atoms with Gasteiger partial charge in [0.1, 0.15) is 0 Å². The van der Waals surface area contributed by atoms with Gasteiger partial charge in [-0.05, 0) is 31.1 Å². The Hall–Kier alpha value is 0. The molecule has 1 radical (unpaired) electrons. The smallest absolute Gasteiger partial charge is 0.0213 e. The summed E-state index contributed by atoms with van der Waals surface area (Å²) in [6.07, 6.45) is 10.0. The largest absolute Gasteiger partial charge is 0.0651 e. The number of hydrogen-bond donors (Lipinski definition) is 0. The van der Waals surface area contributed by atoms with E-state index in [1.807, 2.05) is 5.92 Å². The predicted molar refractivity (Wildman–Crippen MR) is 50.4 cm³/mol. The summed E-state index contributed by atoms with van der Waals surface area (Å²) >= 11 is 0. The van der Waals surface area contributed by atoms with E-state index < -0.39 is 0 Å². The molecular weight excluding hydrogens is 132 g/mol. The molecular formula is C11H21. The third-order valence-electron chi connectivity index (χ3n) is 3.07. The highest BCUT2D eigenvalue weighted by Gasteiger charge is 2.20. The standard InChI is InChI=1S/C11H21/c1-3-10-8-6-5-7-9-11(10)4-2/h10H,3-9H2,1-2H3. The zero-order chi connectivity index (χ0) is 8.10. The molecule has 1 rings (SSSR count). The molecule has 0 aliphatic heterocycles. The van der Waals surface area contributed by atoms with Crippen molar-refractivity contribution in [3.05, 3.63) is 5.92 Å². The first-order valence-corrected chi connectivity index (χ1v) is 5.23. The predicted octanol–water partition coefficient (Wildman–Crippen LogP) is 3.96. The molecule has 0 saturated heterocycles. The lowest BCUT2D eigenvalue weighted by Gasteiger charge is -2.21. The molecule has 11 heavy (non-hydrogen) atoms. The van der Waals surface area contributed by atoms with E-state index in [0.717, 1.165) is 5.92 Å². The van der Waals surface area contributed by atoms with Gasteiger partial charge in [0.2, 0.25) is 0 Å². The maximum Gasteiger partial charge on any atom is -0.0213 e. The monoisotopic (exact) mass is 153 g/mol. The normalized spacial score (nSPS) is 28.4. The van der Waals surface area contributed by atoms with Gasteiger partial charge in [-0.15, -0.1) is 0 Å². The van der Waals surface area contributed by atoms with Gasteiger partial charge in [-0.1, -0.05) is 39.5 Å². The van der Waals surface area contributed by atoms with Gasteiger partial charge in [-0.25, -0.2) is 0 Å². The second-order valence-corrected chi connectivity index (χ2v) is 3.72. The molecule has 0 spiro atoms. The summed E-state index contributed by atoms with van der Waals surface area (Å²) in [5.74, 6) is 2.83. The molecule has 0 heteroatoms. The molecule has 0 bridgehead atoms. The van der Waals surface area contributed by atoms with E-state index in [4.69, 9.17) is 0 Å². The fourth-order valence-electron chi connectivity index (χ4n) is 2.29. The first-order valence-electron chi connectivity index (χ1n) is 5.23. The Bertz CT molecular complexity index is 84.2. The first kappa shape index (κ1) is 9.09. The van der Waals surface area contributed by atoms with Crippen molar-refractivity contribution in [3.63, 3.8) is 0 Å². The van der Waals surface area contributed by atoms with Gasteiger partial charge >= 0.3 is 0 Å². The van der Waals surface area contributed by atoms with Gasteiger partial charge in [0.05, 0.1) is 0 Å². The molecule has 0 aromatic heterocycles. The molecule has 0 N–H and O–H groups in total. The van der Waals surface area contributed by atoms with Crippen LogP contribution in [0.15, 0.2) is 0 Å². The van der Waals surface area contributed by atoms with Crippen molar-refractivity contribution in [2.45, 2.75) is 58.8 Å². The van der Waals surface area contributed by atoms with E-state index in [1.54, 1.807) is 0 Å². The molecule has 0 heterocycles. The molecule has 1 aliphatic carbocycles. The van der Waals surface area contributed by atoms with Gasteiger partial charge in [-0.2, -0.15) is 0 Å². The molecule has 1 saturated carbocycles. The Morgan fingerprint density at radius 3 is 2.64 bits per heavy atom. The molecule has 0 amide bonds. The lowest BCUT2D eigenvalue weighted by molar-refractivity contribution is 0.462. The minimum Gasteiger partial charge on any atom is -0.0651 e. The van der Waals surface area contributed by atoms with Crippen molar-refractivity contribution >= 4 is 0 Å². The Balaban J connectivity index is 2.41. The van der Waals surface area contributed by atoms with Crippen LogP contribution >= 0.6 is 0 Å². The summed E-state index contributed by atoms with van der Waals surface area (Å²) in [5, 5.41) is 0. The Labute approximate surface area is 71.4 Å². The van der Waals surface area contributed by atoms with Gasteiger partial charge in [0.25, 0.3) is 0 Å². The van der Waals surface area contributed by atoms with Gasteiger partial charge in [-0.3, -0.25) is 0 Å². The third kappa shape index (κ3) is 2.50. The van der Waals surface area contributed by atoms with Crippen LogP contribution in [0.3, 0.4) is 0 Å². The van der Waals surface area contributed by atoms with Crippen molar-refractivity contribution in [1.29, 1.82) is 0 Å². The maximum atomic E-state index is 2.34. The minimum absolute atomic E-state index is 0.975. The van der Waals surface area contributed by atoms with Gasteiger partial charge < -0.3 is 0 Å². The van der Waals surface area contributed by atoms with Crippen LogP contribution in [0.2, 0.25) is 0 Å². The summed E-state index contributed by atoms with van der Waals surface area (Å²) in [6, 6.07) is 0. The maximum absolute atomic E-state index is 2.34. The molecule has 1 atom stereocenters. The summed E-state index contributed by atoms with van der Waals surface area (Å²) < 4.78 is 0. The van der Waals surface area contributed by atoms with Crippen LogP contribution < -0.4 is 0 Å². The second-order valence-electron chi connectivity index (χ2n) is 3.72. The molecule has 1 fully saturated rings. The van der Waals surface area contributed by atoms with Crippen LogP contribution in [-0.4, -0.2) is 0 Å². The van der Waals surface area contributed by atoms with Crippen LogP contribution in [0.25, 0.3) is 0 Å². The number of rotatable bonds is 2. The van der Waals surface area contributed by atoms with Gasteiger partial charge in [0.15, 0.2) is 0 Å². The second kappa shape index (κ2) is 4.79. The lowest BCUT2D eigenvalue weighted by atomic mass is 9.84. The topological polar surface area (TPSA) is 0 Å². The molecule has 65 valence electrons. The van der Waals surface area contributed by atoms with Crippen LogP contribution in [0, 0.1) is 11.8 Å². The van der Waals surface area contributed by atoms with Crippen LogP contribution in [0.4, 0.5) is 0 Å². The Morgan fingerprint density at radius 1 is 1.18 bits per heavy atom. The molecule has 1 aliphatic rings. The van der Waals surface area contributed by atoms with E-state index in [1.165, 1.54) is 44.9 Å². The van der Waals surface area contributed by atoms with E-state index in [2.05, 4.69) is 13.8 Å². The van der Waals surface area contributed by atoms with Crippen molar-refractivity contribution < 1.29 is 0 Å². The summed E-state index contributed by atoms with van der Waals surface area (Å²) in [7, 11) is 0. The summed E-state index contributed by atoms with van der Waals surface area (Å²) in [4.78, 5) is 0. The van der Waals surface area contributed by atoms with Crippen molar-refractivity contribution in [2.24, 2.45) is 5.92 Å². The molecule has 1 unspecified atom stereocenters. The highest BCUT2D eigenvalue weighted by Crippen LogP contribution is 2.34. The third-order valence-corrected chi connectivity index (χ3v) is 3.07. The minimum atomic E-state index is 0.975. The van der Waals surface area contributed by atoms with Crippen molar-refractivity contribution in [2.75, 3.05) is 0 Å². The van der Waals surface area contributed by atoms with Crippen LogP contribution in [0.5, 0.6) is 0 Å². The first-order chi connectivity index (χ1) is 5.38. The average molecular weight is 153 g/mol. The molecule has 0 aromatic carbocycles.